The summed E-state index contributed by atoms with van der Waals surface area (Å²) >= 11 is 0. The number of aliphatic hydroxyl groups is 1. The topological polar surface area (TPSA) is 86.6 Å². The van der Waals surface area contributed by atoms with Crippen molar-refractivity contribution in [2.75, 3.05) is 6.61 Å². The first-order chi connectivity index (χ1) is 10.6. The van der Waals surface area contributed by atoms with E-state index in [1.54, 1.807) is 0 Å². The van der Waals surface area contributed by atoms with Crippen molar-refractivity contribution >= 4 is 41.4 Å². The molecule has 0 heterocycles. The van der Waals surface area contributed by atoms with Crippen molar-refractivity contribution in [3.63, 3.8) is 0 Å². The molecule has 5 nitrogen and oxygen atoms in total. The number of carbonyl (C=O) groups excluding carboxylic acids is 1. The minimum atomic E-state index is -1.20. The minimum absolute atomic E-state index is 0. The summed E-state index contributed by atoms with van der Waals surface area (Å²) in [6, 6.07) is -1.18. The summed E-state index contributed by atoms with van der Waals surface area (Å²) in [4.78, 5) is 22.1. The van der Waals surface area contributed by atoms with Crippen LogP contribution in [0.5, 0.6) is 0 Å². The standard InChI is InChI=1S/C17H33NO4.Na/c1-2-3-4-5-6-7-8-9-10-11-12-13-16(20)18-15(14-19)17(21)22;/h15,19H,2-14H2,1H3,(H,18,20)(H,21,22);/t15-;/m0./s1. The average molecular weight is 338 g/mol. The van der Waals surface area contributed by atoms with Gasteiger partial charge in [0.2, 0.25) is 5.91 Å². The molecule has 0 spiro atoms. The Kier molecular flexibility index (Phi) is 19.9. The van der Waals surface area contributed by atoms with E-state index in [-0.39, 0.29) is 35.5 Å². The number of amides is 1. The number of hydrogen-bond donors (Lipinski definition) is 3. The van der Waals surface area contributed by atoms with Gasteiger partial charge >= 0.3 is 5.97 Å². The number of rotatable bonds is 15. The molecule has 6 heteroatoms. The van der Waals surface area contributed by atoms with Crippen LogP contribution in [-0.4, -0.2) is 64.3 Å². The smallest absolute Gasteiger partial charge is 0.328 e. The van der Waals surface area contributed by atoms with E-state index in [0.717, 1.165) is 19.3 Å². The van der Waals surface area contributed by atoms with Crippen molar-refractivity contribution in [2.45, 2.75) is 90.0 Å². The summed E-state index contributed by atoms with van der Waals surface area (Å²) in [5.74, 6) is -1.49. The Labute approximate surface area is 162 Å². The summed E-state index contributed by atoms with van der Waals surface area (Å²) in [6.45, 7) is 1.66. The molecule has 0 aromatic carbocycles. The molecule has 0 rings (SSSR count). The van der Waals surface area contributed by atoms with Crippen molar-refractivity contribution < 1.29 is 19.8 Å². The maximum atomic E-state index is 11.5. The predicted octanol–water partition coefficient (Wildman–Crippen LogP) is 2.87. The van der Waals surface area contributed by atoms with Crippen molar-refractivity contribution in [1.82, 2.24) is 5.32 Å². The average Bonchev–Trinajstić information content (AvgIpc) is 2.50. The number of aliphatic hydroxyl groups excluding tert-OH is 1. The molecule has 0 aliphatic rings. The number of aliphatic carboxylic acids is 1. The monoisotopic (exact) mass is 338 g/mol. The molecular formula is C17H33NNaO4. The Bertz CT molecular complexity index is 300. The first-order valence-electron chi connectivity index (χ1n) is 8.74. The van der Waals surface area contributed by atoms with Gasteiger partial charge in [-0.05, 0) is 6.42 Å². The van der Waals surface area contributed by atoms with Crippen molar-refractivity contribution in [1.29, 1.82) is 0 Å². The Morgan fingerprint density at radius 1 is 0.870 bits per heavy atom. The number of hydrogen-bond acceptors (Lipinski definition) is 3. The number of carbonyl (C=O) groups is 2. The van der Waals surface area contributed by atoms with Gasteiger partial charge in [0.25, 0.3) is 0 Å². The molecule has 1 radical (unpaired) electrons. The van der Waals surface area contributed by atoms with E-state index in [1.807, 2.05) is 0 Å². The van der Waals surface area contributed by atoms with Gasteiger partial charge < -0.3 is 15.5 Å². The van der Waals surface area contributed by atoms with Crippen molar-refractivity contribution in [3.05, 3.63) is 0 Å². The largest absolute Gasteiger partial charge is 0.480 e. The quantitative estimate of drug-likeness (QED) is 0.316. The fourth-order valence-electron chi connectivity index (χ4n) is 2.40. The summed E-state index contributed by atoms with van der Waals surface area (Å²) in [5, 5.41) is 19.8. The van der Waals surface area contributed by atoms with Gasteiger partial charge in [-0.1, -0.05) is 71.1 Å². The van der Waals surface area contributed by atoms with Crippen molar-refractivity contribution in [3.8, 4) is 0 Å². The minimum Gasteiger partial charge on any atom is -0.480 e. The van der Waals surface area contributed by atoms with Crippen LogP contribution < -0.4 is 5.32 Å². The van der Waals surface area contributed by atoms with Crippen LogP contribution in [0.2, 0.25) is 0 Å². The van der Waals surface area contributed by atoms with E-state index in [4.69, 9.17) is 10.2 Å². The zero-order chi connectivity index (χ0) is 16.6. The van der Waals surface area contributed by atoms with E-state index >= 15 is 0 Å². The van der Waals surface area contributed by atoms with Crippen molar-refractivity contribution in [2.24, 2.45) is 0 Å². The molecule has 0 bridgehead atoms. The summed E-state index contributed by atoms with van der Waals surface area (Å²) < 4.78 is 0. The molecule has 0 unspecified atom stereocenters. The number of unbranched alkanes of at least 4 members (excludes halogenated alkanes) is 10. The van der Waals surface area contributed by atoms with Gasteiger partial charge in [0.15, 0.2) is 0 Å². The summed E-state index contributed by atoms with van der Waals surface area (Å²) in [5.41, 5.74) is 0. The first kappa shape index (κ1) is 25.1. The summed E-state index contributed by atoms with van der Waals surface area (Å²) in [7, 11) is 0. The molecule has 0 saturated carbocycles. The number of carboxylic acids is 1. The van der Waals surface area contributed by atoms with Crippen LogP contribution in [0.15, 0.2) is 0 Å². The van der Waals surface area contributed by atoms with Crippen LogP contribution in [0, 0.1) is 0 Å². The maximum absolute atomic E-state index is 11.5. The van der Waals surface area contributed by atoms with Crippen LogP contribution in [0.1, 0.15) is 84.0 Å². The Hall–Kier alpha value is -0.100. The second kappa shape index (κ2) is 18.2. The fraction of sp³-hybridized carbons (Fsp3) is 0.882. The fourth-order valence-corrected chi connectivity index (χ4v) is 2.40. The van der Waals surface area contributed by atoms with Gasteiger partial charge in [0.05, 0.1) is 6.61 Å². The van der Waals surface area contributed by atoms with Gasteiger partial charge in [-0.15, -0.1) is 0 Å². The molecular weight excluding hydrogens is 305 g/mol. The Morgan fingerprint density at radius 2 is 1.30 bits per heavy atom. The molecule has 0 aromatic heterocycles. The molecule has 23 heavy (non-hydrogen) atoms. The Balaban J connectivity index is 0. The maximum Gasteiger partial charge on any atom is 0.328 e. The second-order valence-corrected chi connectivity index (χ2v) is 5.93. The normalized spacial score (nSPS) is 11.6. The third-order valence-electron chi connectivity index (χ3n) is 3.82. The van der Waals surface area contributed by atoms with Crippen LogP contribution in [0.3, 0.4) is 0 Å². The van der Waals surface area contributed by atoms with E-state index < -0.39 is 18.6 Å². The third kappa shape index (κ3) is 16.5. The van der Waals surface area contributed by atoms with Crippen LogP contribution in [-0.2, 0) is 9.59 Å². The third-order valence-corrected chi connectivity index (χ3v) is 3.82. The van der Waals surface area contributed by atoms with Gasteiger partial charge in [-0.2, -0.15) is 0 Å². The molecule has 0 saturated heterocycles. The van der Waals surface area contributed by atoms with Crippen LogP contribution >= 0.6 is 0 Å². The SMILES string of the molecule is CCCCCCCCCCCCCC(=O)N[C@@H](CO)C(=O)O.[Na]. The molecule has 0 aliphatic heterocycles. The van der Waals surface area contributed by atoms with Gasteiger partial charge in [0.1, 0.15) is 6.04 Å². The zero-order valence-corrected chi connectivity index (χ0v) is 17.0. The molecule has 3 N–H and O–H groups in total. The van der Waals surface area contributed by atoms with Crippen LogP contribution in [0.25, 0.3) is 0 Å². The second-order valence-electron chi connectivity index (χ2n) is 5.93. The van der Waals surface area contributed by atoms with E-state index in [2.05, 4.69) is 12.2 Å². The summed E-state index contributed by atoms with van der Waals surface area (Å²) in [6.07, 6.45) is 13.7. The van der Waals surface area contributed by atoms with E-state index in [9.17, 15) is 9.59 Å². The van der Waals surface area contributed by atoms with Gasteiger partial charge in [-0.25, -0.2) is 4.79 Å². The molecule has 0 fully saturated rings. The van der Waals surface area contributed by atoms with E-state index in [1.165, 1.54) is 51.4 Å². The zero-order valence-electron chi connectivity index (χ0n) is 15.0. The van der Waals surface area contributed by atoms with Gasteiger partial charge in [0, 0.05) is 36.0 Å². The molecule has 0 aliphatic carbocycles. The molecule has 0 aromatic rings. The number of carboxylic acid groups (broad SMARTS) is 1. The Morgan fingerprint density at radius 3 is 1.70 bits per heavy atom. The molecule has 1 atom stereocenters. The molecule has 1 amide bonds. The molecule has 131 valence electrons. The van der Waals surface area contributed by atoms with E-state index in [0.29, 0.717) is 6.42 Å². The number of nitrogens with one attached hydrogen (secondary N) is 1. The predicted molar refractivity (Wildman–Crippen MR) is 93.5 cm³/mol. The van der Waals surface area contributed by atoms with Crippen LogP contribution in [0.4, 0.5) is 0 Å². The first-order valence-corrected chi connectivity index (χ1v) is 8.74. The van der Waals surface area contributed by atoms with Gasteiger partial charge in [-0.3, -0.25) is 4.79 Å².